The molecule has 1 spiro atoms. The third-order valence-electron chi connectivity index (χ3n) is 9.03. The van der Waals surface area contributed by atoms with E-state index in [-0.39, 0.29) is 34.5 Å². The highest BCUT2D eigenvalue weighted by Crippen LogP contribution is 2.52. The Morgan fingerprint density at radius 3 is 2.10 bits per heavy atom. The molecule has 0 amide bonds. The Balaban J connectivity index is 2.30. The summed E-state index contributed by atoms with van der Waals surface area (Å²) >= 11 is 0. The van der Waals surface area contributed by atoms with Gasteiger partial charge in [-0.3, -0.25) is 13.9 Å². The highest BCUT2D eigenvalue weighted by Gasteiger charge is 2.67. The lowest BCUT2D eigenvalue weighted by Gasteiger charge is -2.43. The number of rotatable bonds is 8. The summed E-state index contributed by atoms with van der Waals surface area (Å²) < 4.78 is 53.6. The Morgan fingerprint density at radius 2 is 1.63 bits per heavy atom. The zero-order chi connectivity index (χ0) is 31.6. The Morgan fingerprint density at radius 1 is 1.07 bits per heavy atom. The van der Waals surface area contributed by atoms with Crippen molar-refractivity contribution in [3.8, 4) is 0 Å². The summed E-state index contributed by atoms with van der Waals surface area (Å²) in [5.74, 6) is 0. The van der Waals surface area contributed by atoms with Crippen LogP contribution in [0.5, 0.6) is 0 Å². The number of nitrogens with zero attached hydrogens (tertiary/aromatic N) is 2. The van der Waals surface area contributed by atoms with E-state index < -0.39 is 68.6 Å². The van der Waals surface area contributed by atoms with E-state index in [2.05, 4.69) is 33.9 Å². The standard InChI is InChI=1S/C26H47N3O9SSi2/c1-17-14-29(23(32)28(12-13-30)21(17)31)22-20(37-41(10,11)25(5,6)7)26(18(27)16-39(33,34)38-26)19(36-22)15-35-40(8,9)24(2,3)4/h14,16,19-20,22,30H,12-13,15,27H2,1-11H3/t19-,20+,22-,26?/m1/s1. The van der Waals surface area contributed by atoms with Gasteiger partial charge in [0.2, 0.25) is 0 Å². The van der Waals surface area contributed by atoms with Crippen LogP contribution in [0.3, 0.4) is 0 Å². The molecule has 4 atom stereocenters. The molecule has 3 N–H and O–H groups in total. The molecule has 15 heteroatoms. The van der Waals surface area contributed by atoms with Gasteiger partial charge in [-0.15, -0.1) is 0 Å². The van der Waals surface area contributed by atoms with Crippen LogP contribution in [0.25, 0.3) is 0 Å². The van der Waals surface area contributed by atoms with Crippen LogP contribution in [-0.2, 0) is 34.4 Å². The highest BCUT2D eigenvalue weighted by molar-refractivity contribution is 7.90. The van der Waals surface area contributed by atoms with Gasteiger partial charge in [-0.2, -0.15) is 8.42 Å². The maximum atomic E-state index is 13.7. The molecule has 1 aromatic rings. The molecule has 1 fully saturated rings. The van der Waals surface area contributed by atoms with E-state index in [4.69, 9.17) is 23.5 Å². The van der Waals surface area contributed by atoms with Crippen molar-refractivity contribution in [2.24, 2.45) is 5.73 Å². The lowest BCUT2D eigenvalue weighted by atomic mass is 9.89. The molecule has 0 radical (unpaired) electrons. The largest absolute Gasteiger partial charge is 0.414 e. The molecule has 3 rings (SSSR count). The van der Waals surface area contributed by atoms with Gasteiger partial charge < -0.3 is 24.4 Å². The Hall–Kier alpha value is -1.60. The van der Waals surface area contributed by atoms with Gasteiger partial charge in [0.15, 0.2) is 28.5 Å². The predicted molar refractivity (Wildman–Crippen MR) is 161 cm³/mol. The first-order valence-corrected chi connectivity index (χ1v) is 21.0. The predicted octanol–water partition coefficient (Wildman–Crippen LogP) is 2.52. The van der Waals surface area contributed by atoms with E-state index in [0.29, 0.717) is 0 Å². The SMILES string of the molecule is Cc1cn([C@@H]2O[C@H](CO[Si](C)(C)C(C)(C)C)C3(OS(=O)(=O)C=C3N)[C@H]2O[Si](C)(C)C(C)(C)C)c(=O)n(CCO)c1=O. The third kappa shape index (κ3) is 6.09. The number of nitrogens with two attached hydrogens (primary N) is 1. The molecule has 41 heavy (non-hydrogen) atoms. The summed E-state index contributed by atoms with van der Waals surface area (Å²) in [6.07, 6.45) is -2.13. The number of aliphatic hydroxyl groups is 1. The van der Waals surface area contributed by atoms with Crippen molar-refractivity contribution < 1.29 is 31.3 Å². The first kappa shape index (κ1) is 33.9. The van der Waals surface area contributed by atoms with Gasteiger partial charge in [0.25, 0.3) is 15.7 Å². The average Bonchev–Trinajstić information content (AvgIpc) is 3.22. The Bertz CT molecular complexity index is 1420. The lowest BCUT2D eigenvalue weighted by molar-refractivity contribution is -0.0568. The first-order chi connectivity index (χ1) is 18.4. The normalized spacial score (nSPS) is 27.0. The first-order valence-electron chi connectivity index (χ1n) is 13.8. The summed E-state index contributed by atoms with van der Waals surface area (Å²) in [6, 6.07) is 0. The van der Waals surface area contributed by atoms with Crippen molar-refractivity contribution in [2.45, 2.75) is 115 Å². The van der Waals surface area contributed by atoms with Gasteiger partial charge in [-0.1, -0.05) is 41.5 Å². The molecule has 1 unspecified atom stereocenters. The van der Waals surface area contributed by atoms with E-state index >= 15 is 0 Å². The zero-order valence-corrected chi connectivity index (χ0v) is 28.9. The van der Waals surface area contributed by atoms with Crippen molar-refractivity contribution in [3.05, 3.63) is 43.7 Å². The Labute approximate surface area is 244 Å². The highest BCUT2D eigenvalue weighted by atomic mass is 32.2. The second kappa shape index (κ2) is 10.8. The van der Waals surface area contributed by atoms with E-state index in [9.17, 15) is 23.1 Å². The van der Waals surface area contributed by atoms with Gasteiger partial charge in [0.1, 0.15) is 12.2 Å². The number of aryl methyl sites for hydroxylation is 1. The fraction of sp³-hybridized carbons (Fsp3) is 0.769. The van der Waals surface area contributed by atoms with Crippen LogP contribution in [0.15, 0.2) is 26.9 Å². The minimum Gasteiger partial charge on any atom is -0.414 e. The molecule has 1 aromatic heterocycles. The van der Waals surface area contributed by atoms with E-state index in [1.165, 1.54) is 10.8 Å². The van der Waals surface area contributed by atoms with Crippen molar-refractivity contribution in [1.82, 2.24) is 9.13 Å². The van der Waals surface area contributed by atoms with Crippen LogP contribution in [0.2, 0.25) is 36.3 Å². The van der Waals surface area contributed by atoms with Crippen molar-refractivity contribution >= 4 is 26.8 Å². The van der Waals surface area contributed by atoms with Crippen molar-refractivity contribution in [1.29, 1.82) is 0 Å². The topological polar surface area (TPSA) is 161 Å². The number of hydrogen-bond acceptors (Lipinski definition) is 10. The van der Waals surface area contributed by atoms with E-state index in [1.807, 2.05) is 33.9 Å². The summed E-state index contributed by atoms with van der Waals surface area (Å²) in [4.78, 5) is 26.4. The smallest absolute Gasteiger partial charge is 0.333 e. The van der Waals surface area contributed by atoms with Crippen LogP contribution in [0.1, 0.15) is 53.3 Å². The summed E-state index contributed by atoms with van der Waals surface area (Å²) in [5, 5.41) is 9.93. The van der Waals surface area contributed by atoms with Crippen LogP contribution in [0.4, 0.5) is 0 Å². The fourth-order valence-corrected chi connectivity index (χ4v) is 7.96. The minimum absolute atomic E-state index is 0.0710. The monoisotopic (exact) mass is 633 g/mol. The molecule has 0 aromatic carbocycles. The zero-order valence-electron chi connectivity index (χ0n) is 26.1. The molecule has 234 valence electrons. The molecule has 0 aliphatic carbocycles. The molecule has 0 saturated carbocycles. The van der Waals surface area contributed by atoms with Crippen molar-refractivity contribution in [3.63, 3.8) is 0 Å². The Kier molecular flexibility index (Phi) is 8.96. The quantitative estimate of drug-likeness (QED) is 0.321. The fourth-order valence-electron chi connectivity index (χ4n) is 4.45. The van der Waals surface area contributed by atoms with Crippen LogP contribution in [0, 0.1) is 6.92 Å². The van der Waals surface area contributed by atoms with Crippen LogP contribution >= 0.6 is 0 Å². The second-order valence-corrected chi connectivity index (χ2v) is 25.0. The molecular weight excluding hydrogens is 587 g/mol. The molecule has 2 aliphatic heterocycles. The maximum absolute atomic E-state index is 13.7. The van der Waals surface area contributed by atoms with Crippen molar-refractivity contribution in [2.75, 3.05) is 13.2 Å². The van der Waals surface area contributed by atoms with E-state index in [0.717, 1.165) is 9.98 Å². The summed E-state index contributed by atoms with van der Waals surface area (Å²) in [6.45, 7) is 21.2. The minimum atomic E-state index is -4.23. The molecule has 3 heterocycles. The average molecular weight is 634 g/mol. The molecule has 1 saturated heterocycles. The summed E-state index contributed by atoms with van der Waals surface area (Å²) in [5.41, 5.74) is 3.49. The molecule has 0 bridgehead atoms. The van der Waals surface area contributed by atoms with Gasteiger partial charge in [-0.05, 0) is 43.2 Å². The number of aliphatic hydroxyl groups excluding tert-OH is 1. The van der Waals surface area contributed by atoms with E-state index in [1.54, 1.807) is 6.92 Å². The molecule has 12 nitrogen and oxygen atoms in total. The van der Waals surface area contributed by atoms with Gasteiger partial charge in [0, 0.05) is 11.8 Å². The number of ether oxygens (including phenoxy) is 1. The van der Waals surface area contributed by atoms with Crippen LogP contribution < -0.4 is 17.0 Å². The second-order valence-electron chi connectivity index (χ2n) is 14.0. The molecule has 2 aliphatic rings. The number of aromatic nitrogens is 2. The van der Waals surface area contributed by atoms with Gasteiger partial charge in [-0.25, -0.2) is 8.98 Å². The molecular formula is C26H47N3O9SSi2. The van der Waals surface area contributed by atoms with Gasteiger partial charge in [0.05, 0.1) is 30.9 Å². The van der Waals surface area contributed by atoms with Gasteiger partial charge >= 0.3 is 5.69 Å². The summed E-state index contributed by atoms with van der Waals surface area (Å²) in [7, 11) is -9.29. The number of hydrogen-bond donors (Lipinski definition) is 2. The van der Waals surface area contributed by atoms with Crippen LogP contribution in [-0.4, -0.2) is 70.3 Å². The third-order valence-corrected chi connectivity index (χ3v) is 19.0. The maximum Gasteiger partial charge on any atom is 0.333 e. The lowest BCUT2D eigenvalue weighted by Crippen LogP contribution is -2.59.